The van der Waals surface area contributed by atoms with Gasteiger partial charge in [0, 0.05) is 12.1 Å². The average molecular weight is 590 g/mol. The lowest BCUT2D eigenvalue weighted by Crippen LogP contribution is -2.40. The molecule has 1 heterocycles. The standard InChI is InChI=1S/C37H39N3O4/c1-6-26-16-19-28(20-17-26)40-35(38-31-15-11-10-14-30(31)37(40)42)32(7-2)39(36(41)29-13-9-8-12-25(29)3)23-22-27-18-21-33(43-4)34(24-27)44-5/h8-21,24,32H,6-7,22-23H2,1-5H3. The Bertz CT molecular complexity index is 1830. The summed E-state index contributed by atoms with van der Waals surface area (Å²) in [5.41, 5.74) is 4.87. The van der Waals surface area contributed by atoms with Crippen LogP contribution < -0.4 is 15.0 Å². The van der Waals surface area contributed by atoms with Gasteiger partial charge in [0.1, 0.15) is 5.82 Å². The number of methoxy groups -OCH3 is 2. The highest BCUT2D eigenvalue weighted by molar-refractivity contribution is 5.96. The zero-order chi connectivity index (χ0) is 31.2. The van der Waals surface area contributed by atoms with Gasteiger partial charge in [0.2, 0.25) is 0 Å². The van der Waals surface area contributed by atoms with Crippen LogP contribution in [0.25, 0.3) is 16.6 Å². The molecule has 7 heteroatoms. The molecule has 4 aromatic carbocycles. The molecule has 0 N–H and O–H groups in total. The third-order valence-electron chi connectivity index (χ3n) is 8.19. The summed E-state index contributed by atoms with van der Waals surface area (Å²) < 4.78 is 12.6. The number of carbonyl (C=O) groups is 1. The lowest BCUT2D eigenvalue weighted by molar-refractivity contribution is 0.0661. The van der Waals surface area contributed by atoms with Gasteiger partial charge in [-0.3, -0.25) is 14.2 Å². The number of fused-ring (bicyclic) bond motifs is 1. The zero-order valence-electron chi connectivity index (χ0n) is 26.0. The maximum atomic E-state index is 14.4. The molecule has 44 heavy (non-hydrogen) atoms. The summed E-state index contributed by atoms with van der Waals surface area (Å²) in [6.07, 6.45) is 2.02. The Morgan fingerprint density at radius 3 is 2.23 bits per heavy atom. The largest absolute Gasteiger partial charge is 0.493 e. The number of hydrogen-bond donors (Lipinski definition) is 0. The number of benzene rings is 4. The van der Waals surface area contributed by atoms with Crippen LogP contribution in [0, 0.1) is 6.92 Å². The van der Waals surface area contributed by atoms with Crippen molar-refractivity contribution in [3.05, 3.63) is 129 Å². The third-order valence-corrected chi connectivity index (χ3v) is 8.19. The molecule has 1 amide bonds. The van der Waals surface area contributed by atoms with Crippen molar-refractivity contribution in [2.24, 2.45) is 0 Å². The summed E-state index contributed by atoms with van der Waals surface area (Å²) in [5.74, 6) is 1.71. The Balaban J connectivity index is 1.66. The van der Waals surface area contributed by atoms with Crippen LogP contribution in [0.3, 0.4) is 0 Å². The second-order valence-electron chi connectivity index (χ2n) is 10.8. The van der Waals surface area contributed by atoms with Crippen molar-refractivity contribution < 1.29 is 14.3 Å². The van der Waals surface area contributed by atoms with E-state index in [9.17, 15) is 9.59 Å². The molecular formula is C37H39N3O4. The van der Waals surface area contributed by atoms with E-state index in [1.54, 1.807) is 24.9 Å². The van der Waals surface area contributed by atoms with Crippen molar-refractivity contribution in [1.29, 1.82) is 0 Å². The molecule has 0 aliphatic rings. The van der Waals surface area contributed by atoms with Gasteiger partial charge in [-0.25, -0.2) is 4.98 Å². The minimum Gasteiger partial charge on any atom is -0.493 e. The number of amides is 1. The lowest BCUT2D eigenvalue weighted by atomic mass is 10.0. The first-order valence-electron chi connectivity index (χ1n) is 15.1. The molecular weight excluding hydrogens is 550 g/mol. The molecule has 1 aromatic heterocycles. The molecule has 1 atom stereocenters. The van der Waals surface area contributed by atoms with Crippen molar-refractivity contribution in [3.63, 3.8) is 0 Å². The van der Waals surface area contributed by atoms with Gasteiger partial charge in [-0.1, -0.05) is 62.4 Å². The van der Waals surface area contributed by atoms with E-state index >= 15 is 0 Å². The van der Waals surface area contributed by atoms with Gasteiger partial charge in [0.15, 0.2) is 11.5 Å². The summed E-state index contributed by atoms with van der Waals surface area (Å²) in [6.45, 7) is 6.48. The van der Waals surface area contributed by atoms with Crippen LogP contribution in [-0.4, -0.2) is 41.1 Å². The van der Waals surface area contributed by atoms with Gasteiger partial charge in [0.25, 0.3) is 11.5 Å². The number of rotatable bonds is 11. The average Bonchev–Trinajstić information content (AvgIpc) is 3.06. The Morgan fingerprint density at radius 2 is 1.55 bits per heavy atom. The fraction of sp³-hybridized carbons (Fsp3) is 0.270. The van der Waals surface area contributed by atoms with Crippen LogP contribution in [0.4, 0.5) is 0 Å². The molecule has 7 nitrogen and oxygen atoms in total. The molecule has 1 unspecified atom stereocenters. The van der Waals surface area contributed by atoms with Crippen molar-refractivity contribution in [2.75, 3.05) is 20.8 Å². The van der Waals surface area contributed by atoms with Gasteiger partial charge < -0.3 is 14.4 Å². The number of aryl methyl sites for hydroxylation is 2. The summed E-state index contributed by atoms with van der Waals surface area (Å²) in [4.78, 5) is 35.5. The Labute approximate surface area is 258 Å². The highest BCUT2D eigenvalue weighted by atomic mass is 16.5. The summed E-state index contributed by atoms with van der Waals surface area (Å²) in [7, 11) is 3.22. The Kier molecular flexibility index (Phi) is 9.44. The van der Waals surface area contributed by atoms with Crippen molar-refractivity contribution in [3.8, 4) is 17.2 Å². The number of aromatic nitrogens is 2. The molecule has 0 aliphatic carbocycles. The highest BCUT2D eigenvalue weighted by Gasteiger charge is 2.30. The lowest BCUT2D eigenvalue weighted by Gasteiger charge is -2.33. The van der Waals surface area contributed by atoms with Gasteiger partial charge in [-0.05, 0) is 85.3 Å². The predicted molar refractivity (Wildman–Crippen MR) is 175 cm³/mol. The quantitative estimate of drug-likeness (QED) is 0.164. The predicted octanol–water partition coefficient (Wildman–Crippen LogP) is 7.11. The first-order chi connectivity index (χ1) is 21.4. The maximum absolute atomic E-state index is 14.4. The van der Waals surface area contributed by atoms with Gasteiger partial charge in [-0.2, -0.15) is 0 Å². The molecule has 5 rings (SSSR count). The van der Waals surface area contributed by atoms with Crippen LogP contribution in [0.2, 0.25) is 0 Å². The maximum Gasteiger partial charge on any atom is 0.266 e. The van der Waals surface area contributed by atoms with Crippen molar-refractivity contribution >= 4 is 16.8 Å². The van der Waals surface area contributed by atoms with Gasteiger partial charge in [-0.15, -0.1) is 0 Å². The normalized spacial score (nSPS) is 11.8. The summed E-state index contributed by atoms with van der Waals surface area (Å²) in [5, 5.41) is 0.535. The molecule has 0 bridgehead atoms. The molecule has 0 saturated heterocycles. The second-order valence-corrected chi connectivity index (χ2v) is 10.8. The number of ether oxygens (including phenoxy) is 2. The van der Waals surface area contributed by atoms with Crippen molar-refractivity contribution in [1.82, 2.24) is 14.5 Å². The smallest absolute Gasteiger partial charge is 0.266 e. The van der Waals surface area contributed by atoms with E-state index in [1.165, 1.54) is 5.56 Å². The van der Waals surface area contributed by atoms with Crippen molar-refractivity contribution in [2.45, 2.75) is 46.1 Å². The van der Waals surface area contributed by atoms with E-state index in [-0.39, 0.29) is 11.5 Å². The van der Waals surface area contributed by atoms with E-state index in [0.717, 1.165) is 23.2 Å². The number of hydrogen-bond acceptors (Lipinski definition) is 5. The van der Waals surface area contributed by atoms with Crippen LogP contribution in [-0.2, 0) is 12.8 Å². The van der Waals surface area contributed by atoms with E-state index in [2.05, 4.69) is 6.92 Å². The molecule has 0 aliphatic heterocycles. The van der Waals surface area contributed by atoms with E-state index in [0.29, 0.717) is 53.2 Å². The van der Waals surface area contributed by atoms with E-state index in [4.69, 9.17) is 14.5 Å². The van der Waals surface area contributed by atoms with Gasteiger partial charge >= 0.3 is 0 Å². The topological polar surface area (TPSA) is 73.7 Å². The van der Waals surface area contributed by atoms with E-state index < -0.39 is 6.04 Å². The molecule has 0 radical (unpaired) electrons. The Hall–Kier alpha value is -4.91. The number of carbonyl (C=O) groups excluding carboxylic acids is 1. The molecule has 226 valence electrons. The summed E-state index contributed by atoms with van der Waals surface area (Å²) >= 11 is 0. The van der Waals surface area contributed by atoms with Crippen LogP contribution in [0.1, 0.15) is 59.2 Å². The fourth-order valence-electron chi connectivity index (χ4n) is 5.70. The van der Waals surface area contributed by atoms with Crippen LogP contribution in [0.15, 0.2) is 95.8 Å². The fourth-order valence-corrected chi connectivity index (χ4v) is 5.70. The minimum atomic E-state index is -0.481. The third kappa shape index (κ3) is 6.09. The van der Waals surface area contributed by atoms with E-state index in [1.807, 2.05) is 104 Å². The first-order valence-corrected chi connectivity index (χ1v) is 15.1. The van der Waals surface area contributed by atoms with Gasteiger partial charge in [0.05, 0.1) is 36.9 Å². The molecule has 0 saturated carbocycles. The van der Waals surface area contributed by atoms with Crippen LogP contribution in [0.5, 0.6) is 11.5 Å². The van der Waals surface area contributed by atoms with Crippen LogP contribution >= 0.6 is 0 Å². The summed E-state index contributed by atoms with van der Waals surface area (Å²) in [6, 6.07) is 28.3. The SMILES string of the molecule is CCc1ccc(-n2c(C(CC)N(CCc3ccc(OC)c(OC)c3)C(=O)c3ccccc3C)nc3ccccc3c2=O)cc1. The second kappa shape index (κ2) is 13.6. The number of nitrogens with zero attached hydrogens (tertiary/aromatic N) is 3. The number of para-hydroxylation sites is 1. The minimum absolute atomic E-state index is 0.106. The monoisotopic (exact) mass is 589 g/mol. The highest BCUT2D eigenvalue weighted by Crippen LogP contribution is 2.31. The molecule has 0 fully saturated rings. The zero-order valence-corrected chi connectivity index (χ0v) is 26.0. The Morgan fingerprint density at radius 1 is 0.864 bits per heavy atom. The molecule has 5 aromatic rings. The molecule has 0 spiro atoms. The first kappa shape index (κ1) is 30.5.